The van der Waals surface area contributed by atoms with E-state index < -0.39 is 0 Å². The molecule has 2 aromatic rings. The molecule has 0 atom stereocenters. The van der Waals surface area contributed by atoms with Crippen molar-refractivity contribution in [3.8, 4) is 11.5 Å². The van der Waals surface area contributed by atoms with E-state index in [1.165, 1.54) is 12.1 Å². The average Bonchev–Trinajstić information content (AvgIpc) is 2.72. The van der Waals surface area contributed by atoms with E-state index in [4.69, 9.17) is 9.47 Å². The van der Waals surface area contributed by atoms with Gasteiger partial charge in [0.05, 0.1) is 6.54 Å². The predicted octanol–water partition coefficient (Wildman–Crippen LogP) is 3.12. The van der Waals surface area contributed by atoms with Gasteiger partial charge in [-0.2, -0.15) is 0 Å². The van der Waals surface area contributed by atoms with E-state index in [9.17, 15) is 9.18 Å². The zero-order chi connectivity index (χ0) is 20.2. The molecule has 4 rings (SSSR count). The minimum atomic E-state index is -0.316. The van der Waals surface area contributed by atoms with E-state index >= 15 is 0 Å². The summed E-state index contributed by atoms with van der Waals surface area (Å²) in [6, 6.07) is 9.82. The van der Waals surface area contributed by atoms with Gasteiger partial charge in [0.25, 0.3) is 0 Å². The summed E-state index contributed by atoms with van der Waals surface area (Å²) in [4.78, 5) is 16.7. The number of piperazine rings is 1. The van der Waals surface area contributed by atoms with Gasteiger partial charge in [-0.3, -0.25) is 14.6 Å². The van der Waals surface area contributed by atoms with Crippen LogP contribution in [0.1, 0.15) is 5.56 Å². The van der Waals surface area contributed by atoms with Crippen LogP contribution < -0.4 is 14.8 Å². The summed E-state index contributed by atoms with van der Waals surface area (Å²) >= 11 is 3.63. The van der Waals surface area contributed by atoms with Crippen LogP contribution in [-0.2, 0) is 11.3 Å². The first-order chi connectivity index (χ1) is 14.1. The Hall–Kier alpha value is -2.16. The third-order valence-corrected chi connectivity index (χ3v) is 5.80. The largest absolute Gasteiger partial charge is 0.486 e. The Bertz CT molecular complexity index is 870. The lowest BCUT2D eigenvalue weighted by atomic mass is 10.1. The van der Waals surface area contributed by atoms with E-state index in [-0.39, 0.29) is 11.7 Å². The molecule has 0 saturated carbocycles. The fourth-order valence-corrected chi connectivity index (χ4v) is 3.96. The Morgan fingerprint density at radius 1 is 1.00 bits per heavy atom. The molecule has 2 aliphatic rings. The fraction of sp³-hybridized carbons (Fsp3) is 0.381. The van der Waals surface area contributed by atoms with Gasteiger partial charge in [0.15, 0.2) is 11.5 Å². The molecule has 0 bridgehead atoms. The molecule has 8 heteroatoms. The first kappa shape index (κ1) is 20.1. The van der Waals surface area contributed by atoms with Gasteiger partial charge < -0.3 is 14.8 Å². The number of anilines is 1. The highest BCUT2D eigenvalue weighted by Crippen LogP contribution is 2.36. The van der Waals surface area contributed by atoms with Gasteiger partial charge in [-0.15, -0.1) is 0 Å². The normalized spacial score (nSPS) is 17.2. The molecule has 2 aromatic carbocycles. The van der Waals surface area contributed by atoms with Crippen molar-refractivity contribution in [2.75, 3.05) is 51.3 Å². The van der Waals surface area contributed by atoms with Crippen LogP contribution in [0.3, 0.4) is 0 Å². The zero-order valence-electron chi connectivity index (χ0n) is 16.0. The third kappa shape index (κ3) is 5.26. The lowest BCUT2D eigenvalue weighted by Gasteiger charge is -2.34. The van der Waals surface area contributed by atoms with Crippen LogP contribution in [-0.4, -0.2) is 61.6 Å². The molecule has 1 amide bonds. The van der Waals surface area contributed by atoms with Crippen molar-refractivity contribution in [2.45, 2.75) is 6.54 Å². The number of nitrogens with one attached hydrogen (secondary N) is 1. The number of hydrogen-bond acceptors (Lipinski definition) is 5. The number of carbonyl (C=O) groups excluding carboxylic acids is 1. The monoisotopic (exact) mass is 463 g/mol. The molecule has 2 heterocycles. The van der Waals surface area contributed by atoms with E-state index in [1.54, 1.807) is 12.1 Å². The van der Waals surface area contributed by atoms with Crippen LogP contribution in [0.15, 0.2) is 40.9 Å². The average molecular weight is 464 g/mol. The van der Waals surface area contributed by atoms with Crippen LogP contribution in [0.2, 0.25) is 0 Å². The van der Waals surface area contributed by atoms with Gasteiger partial charge in [0.2, 0.25) is 5.91 Å². The van der Waals surface area contributed by atoms with Crippen molar-refractivity contribution in [1.82, 2.24) is 9.80 Å². The second-order valence-corrected chi connectivity index (χ2v) is 8.05. The molecule has 0 aromatic heterocycles. The topological polar surface area (TPSA) is 54.0 Å². The number of benzene rings is 2. The van der Waals surface area contributed by atoms with Crippen molar-refractivity contribution in [3.63, 3.8) is 0 Å². The minimum Gasteiger partial charge on any atom is -0.486 e. The predicted molar refractivity (Wildman–Crippen MR) is 112 cm³/mol. The highest BCUT2D eigenvalue weighted by Gasteiger charge is 2.21. The Morgan fingerprint density at radius 3 is 2.31 bits per heavy atom. The standard InChI is InChI=1S/C21H23BrFN3O3/c22-18-12-20-19(28-9-10-29-20)11-15(18)13-25-5-7-26(8-6-25)14-21(27)24-17-3-1-16(23)2-4-17/h1-4,11-12H,5-10,13-14H2,(H,24,27). The molecular weight excluding hydrogens is 441 g/mol. The van der Waals surface area contributed by atoms with Gasteiger partial charge in [-0.1, -0.05) is 15.9 Å². The summed E-state index contributed by atoms with van der Waals surface area (Å²) in [6.45, 7) is 5.70. The van der Waals surface area contributed by atoms with E-state index in [0.717, 1.165) is 54.3 Å². The third-order valence-electron chi connectivity index (χ3n) is 5.07. The number of amides is 1. The molecule has 2 aliphatic heterocycles. The molecule has 0 spiro atoms. The van der Waals surface area contributed by atoms with Crippen LogP contribution in [0.25, 0.3) is 0 Å². The van der Waals surface area contributed by atoms with Gasteiger partial charge in [-0.05, 0) is 42.0 Å². The van der Waals surface area contributed by atoms with Crippen molar-refractivity contribution in [1.29, 1.82) is 0 Å². The maximum absolute atomic E-state index is 13.0. The van der Waals surface area contributed by atoms with Crippen LogP contribution in [0.5, 0.6) is 11.5 Å². The van der Waals surface area contributed by atoms with Crippen LogP contribution >= 0.6 is 15.9 Å². The highest BCUT2D eigenvalue weighted by molar-refractivity contribution is 9.10. The van der Waals surface area contributed by atoms with Gasteiger partial charge in [0, 0.05) is 42.9 Å². The number of halogens is 2. The summed E-state index contributed by atoms with van der Waals surface area (Å²) in [5.74, 6) is 1.18. The first-order valence-electron chi connectivity index (χ1n) is 9.65. The molecule has 0 unspecified atom stereocenters. The fourth-order valence-electron chi connectivity index (χ4n) is 3.51. The first-order valence-corrected chi connectivity index (χ1v) is 10.4. The highest BCUT2D eigenvalue weighted by atomic mass is 79.9. The molecule has 29 heavy (non-hydrogen) atoms. The number of hydrogen-bond donors (Lipinski definition) is 1. The van der Waals surface area contributed by atoms with Crippen molar-refractivity contribution < 1.29 is 18.7 Å². The van der Waals surface area contributed by atoms with Crippen molar-refractivity contribution in [2.24, 2.45) is 0 Å². The lowest BCUT2D eigenvalue weighted by Crippen LogP contribution is -2.48. The molecule has 0 aliphatic carbocycles. The Balaban J connectivity index is 1.26. The number of rotatable bonds is 5. The molecular formula is C21H23BrFN3O3. The summed E-state index contributed by atoms with van der Waals surface area (Å²) in [6.07, 6.45) is 0. The Kier molecular flexibility index (Phi) is 6.32. The summed E-state index contributed by atoms with van der Waals surface area (Å²) in [5.41, 5.74) is 1.77. The molecule has 1 saturated heterocycles. The van der Waals surface area contributed by atoms with E-state index in [0.29, 0.717) is 25.4 Å². The minimum absolute atomic E-state index is 0.0837. The number of ether oxygens (including phenoxy) is 2. The molecule has 0 radical (unpaired) electrons. The number of nitrogens with zero attached hydrogens (tertiary/aromatic N) is 2. The number of carbonyl (C=O) groups is 1. The molecule has 1 N–H and O–H groups in total. The van der Waals surface area contributed by atoms with Crippen molar-refractivity contribution in [3.05, 3.63) is 52.3 Å². The zero-order valence-corrected chi connectivity index (χ0v) is 17.6. The van der Waals surface area contributed by atoms with Crippen LogP contribution in [0.4, 0.5) is 10.1 Å². The molecule has 6 nitrogen and oxygen atoms in total. The Morgan fingerprint density at radius 2 is 1.62 bits per heavy atom. The molecule has 1 fully saturated rings. The summed E-state index contributed by atoms with van der Waals surface area (Å²) < 4.78 is 25.3. The molecule has 154 valence electrons. The Labute approximate surface area is 177 Å². The summed E-state index contributed by atoms with van der Waals surface area (Å²) in [5, 5.41) is 2.81. The maximum Gasteiger partial charge on any atom is 0.238 e. The van der Waals surface area contributed by atoms with Crippen LogP contribution in [0, 0.1) is 5.82 Å². The maximum atomic E-state index is 13.0. The van der Waals surface area contributed by atoms with E-state index in [1.807, 2.05) is 12.1 Å². The second-order valence-electron chi connectivity index (χ2n) is 7.19. The van der Waals surface area contributed by atoms with E-state index in [2.05, 4.69) is 31.0 Å². The quantitative estimate of drug-likeness (QED) is 0.737. The second kappa shape index (κ2) is 9.11. The number of fused-ring (bicyclic) bond motifs is 1. The van der Waals surface area contributed by atoms with Gasteiger partial charge in [0.1, 0.15) is 19.0 Å². The smallest absolute Gasteiger partial charge is 0.238 e. The lowest BCUT2D eigenvalue weighted by molar-refractivity contribution is -0.117. The SMILES string of the molecule is O=C(CN1CCN(Cc2cc3c(cc2Br)OCCO3)CC1)Nc1ccc(F)cc1. The summed E-state index contributed by atoms with van der Waals surface area (Å²) in [7, 11) is 0. The van der Waals surface area contributed by atoms with Gasteiger partial charge >= 0.3 is 0 Å². The van der Waals surface area contributed by atoms with Gasteiger partial charge in [-0.25, -0.2) is 4.39 Å². The van der Waals surface area contributed by atoms with Crippen molar-refractivity contribution >= 4 is 27.5 Å².